The molecule has 2 saturated heterocycles. The van der Waals surface area contributed by atoms with Crippen LogP contribution in [0.2, 0.25) is 0 Å². The number of ether oxygens (including phenoxy) is 3. The van der Waals surface area contributed by atoms with E-state index >= 15 is 0 Å². The van der Waals surface area contributed by atoms with Crippen LogP contribution in [0.25, 0.3) is 0 Å². The molecule has 1 aliphatic carbocycles. The number of likely N-dealkylation sites (tertiary alicyclic amines) is 1. The van der Waals surface area contributed by atoms with E-state index in [0.29, 0.717) is 18.8 Å². The van der Waals surface area contributed by atoms with Crippen LogP contribution in [0.4, 0.5) is 0 Å². The molecule has 1 saturated carbocycles. The number of hydrogen-bond acceptors (Lipinski definition) is 7. The SMILES string of the molecule is CC(C)(C)OCCCN1CCC(OC2CC(NC(=O)CN3CCN(CCOC(C)(C)C)CC3)C2)CC1. The molecule has 3 fully saturated rings. The van der Waals surface area contributed by atoms with Crippen LogP contribution in [0.15, 0.2) is 0 Å². The number of piperazine rings is 1. The standard InChI is InChI=1S/C28H54N4O4/c1-27(2,3)34-18-7-10-30-11-8-24(9-12-30)36-25-20-23(21-25)29-26(33)22-32-15-13-31(14-16-32)17-19-35-28(4,5)6/h23-25H,7-22H2,1-6H3,(H,29,33). The highest BCUT2D eigenvalue weighted by atomic mass is 16.5. The van der Waals surface area contributed by atoms with Gasteiger partial charge in [-0.3, -0.25) is 14.6 Å². The maximum absolute atomic E-state index is 12.5. The first-order chi connectivity index (χ1) is 16.9. The van der Waals surface area contributed by atoms with Crippen LogP contribution in [-0.4, -0.2) is 122 Å². The molecule has 0 unspecified atom stereocenters. The Morgan fingerprint density at radius 3 is 1.92 bits per heavy atom. The molecule has 1 amide bonds. The van der Waals surface area contributed by atoms with Gasteiger partial charge in [-0.1, -0.05) is 0 Å². The summed E-state index contributed by atoms with van der Waals surface area (Å²) in [5.74, 6) is 0.159. The average molecular weight is 511 g/mol. The van der Waals surface area contributed by atoms with E-state index in [-0.39, 0.29) is 23.2 Å². The second-order valence-electron chi connectivity index (χ2n) is 12.9. The Bertz CT molecular complexity index is 641. The van der Waals surface area contributed by atoms with Gasteiger partial charge in [0.2, 0.25) is 5.91 Å². The normalized spacial score (nSPS) is 25.6. The highest BCUT2D eigenvalue weighted by Crippen LogP contribution is 2.27. The molecule has 0 radical (unpaired) electrons. The average Bonchev–Trinajstić information content (AvgIpc) is 2.76. The van der Waals surface area contributed by atoms with Crippen molar-refractivity contribution in [2.45, 2.75) is 103 Å². The lowest BCUT2D eigenvalue weighted by Crippen LogP contribution is -2.54. The van der Waals surface area contributed by atoms with Gasteiger partial charge in [0, 0.05) is 65.0 Å². The van der Waals surface area contributed by atoms with Crippen molar-refractivity contribution < 1.29 is 19.0 Å². The molecular weight excluding hydrogens is 456 g/mol. The maximum Gasteiger partial charge on any atom is 0.234 e. The van der Waals surface area contributed by atoms with Gasteiger partial charge in [-0.2, -0.15) is 0 Å². The fourth-order valence-corrected chi connectivity index (χ4v) is 5.13. The second kappa shape index (κ2) is 13.9. The Balaban J connectivity index is 1.18. The Morgan fingerprint density at radius 2 is 1.31 bits per heavy atom. The maximum atomic E-state index is 12.5. The molecule has 2 aliphatic heterocycles. The smallest absolute Gasteiger partial charge is 0.234 e. The van der Waals surface area contributed by atoms with Crippen molar-refractivity contribution in [2.24, 2.45) is 0 Å². The third-order valence-corrected chi connectivity index (χ3v) is 7.31. The van der Waals surface area contributed by atoms with Crippen molar-refractivity contribution in [2.75, 3.05) is 72.1 Å². The van der Waals surface area contributed by atoms with E-state index in [1.807, 2.05) is 0 Å². The zero-order valence-electron chi connectivity index (χ0n) is 24.0. The van der Waals surface area contributed by atoms with Crippen molar-refractivity contribution >= 4 is 5.91 Å². The van der Waals surface area contributed by atoms with E-state index in [2.05, 4.69) is 61.6 Å². The van der Waals surface area contributed by atoms with Gasteiger partial charge in [0.15, 0.2) is 0 Å². The third kappa shape index (κ3) is 11.7. The molecule has 8 heteroatoms. The fourth-order valence-electron chi connectivity index (χ4n) is 5.13. The first-order valence-electron chi connectivity index (χ1n) is 14.3. The summed E-state index contributed by atoms with van der Waals surface area (Å²) in [5, 5.41) is 3.22. The lowest BCUT2D eigenvalue weighted by molar-refractivity contribution is -0.127. The molecule has 0 atom stereocenters. The van der Waals surface area contributed by atoms with Crippen molar-refractivity contribution in [3.8, 4) is 0 Å². The van der Waals surface area contributed by atoms with E-state index < -0.39 is 0 Å². The molecule has 1 N–H and O–H groups in total. The molecule has 0 bridgehead atoms. The molecule has 3 rings (SSSR count). The Kier molecular flexibility index (Phi) is 11.5. The lowest BCUT2D eigenvalue weighted by atomic mass is 9.88. The zero-order valence-corrected chi connectivity index (χ0v) is 24.0. The van der Waals surface area contributed by atoms with Crippen LogP contribution in [0.1, 0.15) is 73.6 Å². The van der Waals surface area contributed by atoms with E-state index in [1.165, 1.54) is 0 Å². The minimum Gasteiger partial charge on any atom is -0.376 e. The monoisotopic (exact) mass is 510 g/mol. The second-order valence-corrected chi connectivity index (χ2v) is 12.9. The van der Waals surface area contributed by atoms with Crippen LogP contribution in [0, 0.1) is 0 Å². The van der Waals surface area contributed by atoms with Crippen LogP contribution in [0.5, 0.6) is 0 Å². The molecule has 0 spiro atoms. The van der Waals surface area contributed by atoms with Crippen LogP contribution in [0.3, 0.4) is 0 Å². The minimum absolute atomic E-state index is 0.0434. The summed E-state index contributed by atoms with van der Waals surface area (Å²) in [6, 6.07) is 0.279. The van der Waals surface area contributed by atoms with Crippen molar-refractivity contribution in [1.82, 2.24) is 20.0 Å². The number of amides is 1. The van der Waals surface area contributed by atoms with Gasteiger partial charge in [0.25, 0.3) is 0 Å². The molecular formula is C28H54N4O4. The molecule has 0 aromatic carbocycles. The summed E-state index contributed by atoms with van der Waals surface area (Å²) < 4.78 is 18.0. The first-order valence-corrected chi connectivity index (χ1v) is 14.3. The summed E-state index contributed by atoms with van der Waals surface area (Å²) in [6.45, 7) is 22.9. The first kappa shape index (κ1) is 29.8. The van der Waals surface area contributed by atoms with Crippen molar-refractivity contribution in [3.63, 3.8) is 0 Å². The predicted molar refractivity (Wildman–Crippen MR) is 144 cm³/mol. The molecule has 0 aromatic rings. The number of carbonyl (C=O) groups is 1. The highest BCUT2D eigenvalue weighted by molar-refractivity contribution is 5.78. The van der Waals surface area contributed by atoms with Gasteiger partial charge in [-0.25, -0.2) is 0 Å². The zero-order chi connectivity index (χ0) is 26.2. The van der Waals surface area contributed by atoms with Crippen molar-refractivity contribution in [1.29, 1.82) is 0 Å². The van der Waals surface area contributed by atoms with E-state index in [1.54, 1.807) is 0 Å². The van der Waals surface area contributed by atoms with Gasteiger partial charge >= 0.3 is 0 Å². The van der Waals surface area contributed by atoms with E-state index in [4.69, 9.17) is 14.2 Å². The molecule has 0 aromatic heterocycles. The van der Waals surface area contributed by atoms with Crippen LogP contribution >= 0.6 is 0 Å². The number of nitrogens with zero attached hydrogens (tertiary/aromatic N) is 3. The summed E-state index contributed by atoms with van der Waals surface area (Å²) in [6.07, 6.45) is 5.92. The van der Waals surface area contributed by atoms with Gasteiger partial charge < -0.3 is 24.4 Å². The molecule has 210 valence electrons. The van der Waals surface area contributed by atoms with E-state index in [9.17, 15) is 4.79 Å². The highest BCUT2D eigenvalue weighted by Gasteiger charge is 2.34. The molecule has 2 heterocycles. The molecule has 36 heavy (non-hydrogen) atoms. The van der Waals surface area contributed by atoms with Gasteiger partial charge in [0.1, 0.15) is 0 Å². The van der Waals surface area contributed by atoms with Crippen LogP contribution in [-0.2, 0) is 19.0 Å². The quantitative estimate of drug-likeness (QED) is 0.405. The Labute approximate surface area is 220 Å². The summed E-state index contributed by atoms with van der Waals surface area (Å²) in [4.78, 5) is 19.8. The summed E-state index contributed by atoms with van der Waals surface area (Å²) in [7, 11) is 0. The number of rotatable bonds is 12. The Morgan fingerprint density at radius 1 is 0.750 bits per heavy atom. The van der Waals surface area contributed by atoms with E-state index in [0.717, 1.165) is 97.7 Å². The fraction of sp³-hybridized carbons (Fsp3) is 0.964. The Hall–Kier alpha value is -0.770. The van der Waals surface area contributed by atoms with Gasteiger partial charge in [0.05, 0.1) is 36.6 Å². The molecule has 3 aliphatic rings. The largest absolute Gasteiger partial charge is 0.376 e. The number of piperidine rings is 1. The topological polar surface area (TPSA) is 66.5 Å². The predicted octanol–water partition coefficient (Wildman–Crippen LogP) is 2.75. The lowest BCUT2D eigenvalue weighted by Gasteiger charge is -2.40. The van der Waals surface area contributed by atoms with Crippen LogP contribution < -0.4 is 5.32 Å². The van der Waals surface area contributed by atoms with Gasteiger partial charge in [-0.15, -0.1) is 0 Å². The summed E-state index contributed by atoms with van der Waals surface area (Å²) >= 11 is 0. The number of carbonyl (C=O) groups excluding carboxylic acids is 1. The third-order valence-electron chi connectivity index (χ3n) is 7.31. The minimum atomic E-state index is -0.0785. The number of nitrogens with one attached hydrogen (secondary N) is 1. The van der Waals surface area contributed by atoms with Crippen molar-refractivity contribution in [3.05, 3.63) is 0 Å². The summed E-state index contributed by atoms with van der Waals surface area (Å²) in [5.41, 5.74) is -0.122. The molecule has 8 nitrogen and oxygen atoms in total. The van der Waals surface area contributed by atoms with Gasteiger partial charge in [-0.05, 0) is 73.6 Å². The number of hydrogen-bond donors (Lipinski definition) is 1.